The maximum atomic E-state index is 5.42. The van der Waals surface area contributed by atoms with Gasteiger partial charge >= 0.3 is 0 Å². The largest absolute Gasteiger partial charge is 0.380 e. The Kier molecular flexibility index (Phi) is 14.8. The van der Waals surface area contributed by atoms with Crippen LogP contribution in [-0.2, 0) is 9.47 Å². The zero-order valence-electron chi connectivity index (χ0n) is 12.5. The van der Waals surface area contributed by atoms with Crippen LogP contribution in [-0.4, -0.2) is 64.6 Å². The molecule has 0 bridgehead atoms. The summed E-state index contributed by atoms with van der Waals surface area (Å²) in [6.07, 6.45) is 3.82. The lowest BCUT2D eigenvalue weighted by molar-refractivity contribution is 0.0820. The Morgan fingerprint density at radius 3 is 1.94 bits per heavy atom. The first-order valence-corrected chi connectivity index (χ1v) is 7.37. The molecule has 0 atom stereocenters. The van der Waals surface area contributed by atoms with Gasteiger partial charge < -0.3 is 14.8 Å². The van der Waals surface area contributed by atoms with Crippen LogP contribution in [0.25, 0.3) is 0 Å². The second-order valence-electron chi connectivity index (χ2n) is 4.40. The summed E-state index contributed by atoms with van der Waals surface area (Å²) in [5, 5.41) is 3.19. The van der Waals surface area contributed by atoms with Gasteiger partial charge in [-0.25, -0.2) is 0 Å². The number of rotatable bonds is 14. The molecule has 0 aromatic carbocycles. The molecular formula is C14H32N2O2. The summed E-state index contributed by atoms with van der Waals surface area (Å²) in [5.41, 5.74) is 0. The van der Waals surface area contributed by atoms with Crippen molar-refractivity contribution in [3.05, 3.63) is 0 Å². The van der Waals surface area contributed by atoms with Gasteiger partial charge in [-0.3, -0.25) is 4.90 Å². The molecule has 4 nitrogen and oxygen atoms in total. The van der Waals surface area contributed by atoms with Crippen LogP contribution >= 0.6 is 0 Å². The fourth-order valence-corrected chi connectivity index (χ4v) is 1.83. The van der Waals surface area contributed by atoms with Gasteiger partial charge in [-0.2, -0.15) is 0 Å². The second-order valence-corrected chi connectivity index (χ2v) is 4.40. The van der Waals surface area contributed by atoms with E-state index in [1.807, 2.05) is 20.9 Å². The fraction of sp³-hybridized carbons (Fsp3) is 1.00. The molecule has 0 radical (unpaired) electrons. The van der Waals surface area contributed by atoms with Crippen molar-refractivity contribution in [1.82, 2.24) is 10.2 Å². The summed E-state index contributed by atoms with van der Waals surface area (Å²) < 4.78 is 10.8. The molecule has 0 amide bonds. The van der Waals surface area contributed by atoms with Crippen LogP contribution in [0.2, 0.25) is 0 Å². The van der Waals surface area contributed by atoms with E-state index in [0.29, 0.717) is 0 Å². The third-order valence-corrected chi connectivity index (χ3v) is 2.91. The molecule has 0 fully saturated rings. The number of nitrogens with one attached hydrogen (secondary N) is 1. The van der Waals surface area contributed by atoms with Crippen LogP contribution in [0.1, 0.15) is 33.1 Å². The van der Waals surface area contributed by atoms with E-state index in [0.717, 1.165) is 52.6 Å². The smallest absolute Gasteiger partial charge is 0.0593 e. The van der Waals surface area contributed by atoms with Gasteiger partial charge in [0.15, 0.2) is 0 Å². The Labute approximate surface area is 113 Å². The van der Waals surface area contributed by atoms with Crippen molar-refractivity contribution in [2.45, 2.75) is 33.1 Å². The molecule has 0 aliphatic heterocycles. The minimum absolute atomic E-state index is 0.807. The Hall–Kier alpha value is -0.160. The van der Waals surface area contributed by atoms with Crippen LogP contribution in [0.15, 0.2) is 0 Å². The Morgan fingerprint density at radius 2 is 1.44 bits per heavy atom. The summed E-state index contributed by atoms with van der Waals surface area (Å²) in [6, 6.07) is 0. The predicted molar refractivity (Wildman–Crippen MR) is 77.2 cm³/mol. The number of nitrogens with zero attached hydrogens (tertiary/aromatic N) is 1. The van der Waals surface area contributed by atoms with Crippen LogP contribution in [0.3, 0.4) is 0 Å². The van der Waals surface area contributed by atoms with Crippen molar-refractivity contribution in [3.8, 4) is 0 Å². The van der Waals surface area contributed by atoms with Gasteiger partial charge in [0, 0.05) is 26.3 Å². The molecule has 1 N–H and O–H groups in total. The van der Waals surface area contributed by atoms with E-state index in [2.05, 4.69) is 10.2 Å². The van der Waals surface area contributed by atoms with Crippen LogP contribution in [0.5, 0.6) is 0 Å². The maximum Gasteiger partial charge on any atom is 0.0593 e. The quantitative estimate of drug-likeness (QED) is 0.483. The molecule has 4 heteroatoms. The molecule has 0 heterocycles. The van der Waals surface area contributed by atoms with Gasteiger partial charge in [-0.05, 0) is 46.8 Å². The lowest BCUT2D eigenvalue weighted by Crippen LogP contribution is -2.32. The van der Waals surface area contributed by atoms with Crippen LogP contribution in [0.4, 0.5) is 0 Å². The average Bonchev–Trinajstić information content (AvgIpc) is 2.38. The van der Waals surface area contributed by atoms with Crippen LogP contribution < -0.4 is 5.32 Å². The molecule has 0 saturated carbocycles. The van der Waals surface area contributed by atoms with E-state index in [1.165, 1.54) is 19.3 Å². The minimum atomic E-state index is 0.807. The Bertz CT molecular complexity index is 147. The predicted octanol–water partition coefficient (Wildman–Crippen LogP) is 1.75. The molecule has 0 aromatic rings. The van der Waals surface area contributed by atoms with Gasteiger partial charge in [0.25, 0.3) is 0 Å². The highest BCUT2D eigenvalue weighted by Gasteiger charge is 2.04. The van der Waals surface area contributed by atoms with Crippen LogP contribution in [0, 0.1) is 0 Å². The molecule has 110 valence electrons. The van der Waals surface area contributed by atoms with Crippen molar-refractivity contribution in [2.75, 3.05) is 59.7 Å². The van der Waals surface area contributed by atoms with Gasteiger partial charge in [-0.1, -0.05) is 6.42 Å². The molecule has 0 unspecified atom stereocenters. The number of hydrogen-bond donors (Lipinski definition) is 1. The Balaban J connectivity index is 3.60. The highest BCUT2D eigenvalue weighted by molar-refractivity contribution is 4.58. The van der Waals surface area contributed by atoms with Crippen molar-refractivity contribution >= 4 is 0 Å². The molecule has 0 saturated heterocycles. The lowest BCUT2D eigenvalue weighted by atomic mass is 10.2. The number of hydrogen-bond acceptors (Lipinski definition) is 4. The van der Waals surface area contributed by atoms with E-state index >= 15 is 0 Å². The average molecular weight is 260 g/mol. The molecule has 0 aromatic heterocycles. The number of unbranched alkanes of at least 4 members (excludes halogenated alkanes) is 2. The standard InChI is InChI=1S/C14H32N2O2/c1-4-17-13-11-16(12-14-18-5-2)10-8-6-7-9-15-3/h15H,4-14H2,1-3H3. The Morgan fingerprint density at radius 1 is 0.833 bits per heavy atom. The SMILES string of the molecule is CCOCCN(CCCCCNC)CCOCC. The third kappa shape index (κ3) is 12.3. The lowest BCUT2D eigenvalue weighted by Gasteiger charge is -2.22. The minimum Gasteiger partial charge on any atom is -0.380 e. The van der Waals surface area contributed by atoms with Gasteiger partial charge in [-0.15, -0.1) is 0 Å². The monoisotopic (exact) mass is 260 g/mol. The summed E-state index contributed by atoms with van der Waals surface area (Å²) in [7, 11) is 2.01. The highest BCUT2D eigenvalue weighted by Crippen LogP contribution is 1.99. The molecule has 0 aliphatic rings. The van der Waals surface area contributed by atoms with E-state index in [4.69, 9.17) is 9.47 Å². The molecular weight excluding hydrogens is 228 g/mol. The molecule has 0 spiro atoms. The number of ether oxygens (including phenoxy) is 2. The van der Waals surface area contributed by atoms with E-state index < -0.39 is 0 Å². The second kappa shape index (κ2) is 14.9. The van der Waals surface area contributed by atoms with Gasteiger partial charge in [0.05, 0.1) is 13.2 Å². The zero-order chi connectivity index (χ0) is 13.5. The first kappa shape index (κ1) is 17.8. The first-order chi connectivity index (χ1) is 8.85. The van der Waals surface area contributed by atoms with Gasteiger partial charge in [0.2, 0.25) is 0 Å². The van der Waals surface area contributed by atoms with Crippen molar-refractivity contribution in [1.29, 1.82) is 0 Å². The van der Waals surface area contributed by atoms with E-state index in [-0.39, 0.29) is 0 Å². The maximum absolute atomic E-state index is 5.42. The topological polar surface area (TPSA) is 33.7 Å². The van der Waals surface area contributed by atoms with E-state index in [1.54, 1.807) is 0 Å². The zero-order valence-corrected chi connectivity index (χ0v) is 12.5. The molecule has 18 heavy (non-hydrogen) atoms. The van der Waals surface area contributed by atoms with E-state index in [9.17, 15) is 0 Å². The fourth-order valence-electron chi connectivity index (χ4n) is 1.83. The normalized spacial score (nSPS) is 11.3. The summed E-state index contributed by atoms with van der Waals surface area (Å²) in [4.78, 5) is 2.45. The van der Waals surface area contributed by atoms with Crippen molar-refractivity contribution in [3.63, 3.8) is 0 Å². The van der Waals surface area contributed by atoms with Crippen molar-refractivity contribution < 1.29 is 9.47 Å². The molecule has 0 aliphatic carbocycles. The molecule has 0 rings (SSSR count). The highest BCUT2D eigenvalue weighted by atomic mass is 16.5. The summed E-state index contributed by atoms with van der Waals surface area (Å²) in [6.45, 7) is 11.7. The van der Waals surface area contributed by atoms with Gasteiger partial charge in [0.1, 0.15) is 0 Å². The van der Waals surface area contributed by atoms with Crippen molar-refractivity contribution in [2.24, 2.45) is 0 Å². The third-order valence-electron chi connectivity index (χ3n) is 2.91. The first-order valence-electron chi connectivity index (χ1n) is 7.37. The summed E-state index contributed by atoms with van der Waals surface area (Å²) >= 11 is 0. The summed E-state index contributed by atoms with van der Waals surface area (Å²) in [5.74, 6) is 0.